The molecule has 1 aromatic heterocycles. The first-order valence-electron chi connectivity index (χ1n) is 6.32. The predicted octanol–water partition coefficient (Wildman–Crippen LogP) is 2.29. The van der Waals surface area contributed by atoms with Gasteiger partial charge in [0.1, 0.15) is 0 Å². The molecule has 5 heteroatoms. The molecule has 0 aliphatic carbocycles. The number of aryl methyl sites for hydroxylation is 1. The van der Waals surface area contributed by atoms with Crippen LogP contribution in [0.4, 0.5) is 5.88 Å². The van der Waals surface area contributed by atoms with Gasteiger partial charge in [-0.2, -0.15) is 0 Å². The van der Waals surface area contributed by atoms with Gasteiger partial charge in [-0.05, 0) is 33.2 Å². The maximum Gasteiger partial charge on any atom is 0.240 e. The fourth-order valence-electron chi connectivity index (χ4n) is 1.84. The van der Waals surface area contributed by atoms with Gasteiger partial charge in [-0.1, -0.05) is 19.0 Å². The molecule has 0 spiro atoms. The van der Waals surface area contributed by atoms with E-state index in [1.807, 2.05) is 18.9 Å². The SMILES string of the molecule is Cc1cc(NC(=O)CN(C)[C@H](C)CC(C)C)on1. The lowest BCUT2D eigenvalue weighted by molar-refractivity contribution is -0.117. The van der Waals surface area contributed by atoms with Crippen molar-refractivity contribution in [2.75, 3.05) is 18.9 Å². The number of amides is 1. The van der Waals surface area contributed by atoms with E-state index in [1.54, 1.807) is 6.07 Å². The molecule has 1 N–H and O–H groups in total. The second kappa shape index (κ2) is 6.54. The van der Waals surface area contributed by atoms with E-state index in [1.165, 1.54) is 0 Å². The quantitative estimate of drug-likeness (QED) is 0.845. The number of aromatic nitrogens is 1. The fraction of sp³-hybridized carbons (Fsp3) is 0.692. The minimum atomic E-state index is -0.0794. The van der Waals surface area contributed by atoms with Crippen molar-refractivity contribution < 1.29 is 9.32 Å². The van der Waals surface area contributed by atoms with Gasteiger partial charge in [0.15, 0.2) is 0 Å². The zero-order valence-electron chi connectivity index (χ0n) is 11.9. The molecule has 1 heterocycles. The van der Waals surface area contributed by atoms with Crippen molar-refractivity contribution in [2.45, 2.75) is 40.2 Å². The van der Waals surface area contributed by atoms with Crippen LogP contribution >= 0.6 is 0 Å². The van der Waals surface area contributed by atoms with Crippen LogP contribution in [0.1, 0.15) is 32.9 Å². The molecular weight excluding hydrogens is 230 g/mol. The minimum absolute atomic E-state index is 0.0794. The van der Waals surface area contributed by atoms with Crippen molar-refractivity contribution in [1.29, 1.82) is 0 Å². The minimum Gasteiger partial charge on any atom is -0.338 e. The van der Waals surface area contributed by atoms with Gasteiger partial charge in [-0.15, -0.1) is 0 Å². The van der Waals surface area contributed by atoms with Gasteiger partial charge in [-0.25, -0.2) is 0 Å². The van der Waals surface area contributed by atoms with E-state index in [2.05, 4.69) is 31.2 Å². The molecule has 102 valence electrons. The lowest BCUT2D eigenvalue weighted by Gasteiger charge is -2.25. The summed E-state index contributed by atoms with van der Waals surface area (Å²) in [5.41, 5.74) is 0.756. The first-order valence-corrected chi connectivity index (χ1v) is 6.32. The number of hydrogen-bond donors (Lipinski definition) is 1. The molecule has 0 saturated carbocycles. The second-order valence-corrected chi connectivity index (χ2v) is 5.27. The maximum absolute atomic E-state index is 11.8. The second-order valence-electron chi connectivity index (χ2n) is 5.27. The van der Waals surface area contributed by atoms with E-state index < -0.39 is 0 Å². The van der Waals surface area contributed by atoms with Crippen LogP contribution in [0, 0.1) is 12.8 Å². The predicted molar refractivity (Wildman–Crippen MR) is 71.4 cm³/mol. The third-order valence-corrected chi connectivity index (χ3v) is 2.85. The van der Waals surface area contributed by atoms with Crippen molar-refractivity contribution in [3.8, 4) is 0 Å². The van der Waals surface area contributed by atoms with E-state index in [4.69, 9.17) is 4.52 Å². The highest BCUT2D eigenvalue weighted by molar-refractivity contribution is 5.90. The standard InChI is InChI=1S/C13H23N3O2/c1-9(2)6-11(4)16(5)8-12(17)14-13-7-10(3)15-18-13/h7,9,11H,6,8H2,1-5H3,(H,14,17)/t11-/m1/s1. The highest BCUT2D eigenvalue weighted by Gasteiger charge is 2.15. The third kappa shape index (κ3) is 4.87. The number of hydrogen-bond acceptors (Lipinski definition) is 4. The number of anilines is 1. The van der Waals surface area contributed by atoms with Crippen molar-refractivity contribution in [3.63, 3.8) is 0 Å². The number of nitrogens with zero attached hydrogens (tertiary/aromatic N) is 2. The maximum atomic E-state index is 11.8. The molecule has 0 aliphatic heterocycles. The lowest BCUT2D eigenvalue weighted by Crippen LogP contribution is -2.37. The largest absolute Gasteiger partial charge is 0.338 e. The van der Waals surface area contributed by atoms with E-state index in [0.717, 1.165) is 12.1 Å². The summed E-state index contributed by atoms with van der Waals surface area (Å²) in [6.45, 7) is 8.67. The van der Waals surface area contributed by atoms with Crippen LogP contribution in [0.3, 0.4) is 0 Å². The third-order valence-electron chi connectivity index (χ3n) is 2.85. The Hall–Kier alpha value is -1.36. The van der Waals surface area contributed by atoms with Crippen molar-refractivity contribution in [3.05, 3.63) is 11.8 Å². The summed E-state index contributed by atoms with van der Waals surface area (Å²) >= 11 is 0. The average Bonchev–Trinajstić information content (AvgIpc) is 2.62. The van der Waals surface area contributed by atoms with Crippen molar-refractivity contribution in [2.24, 2.45) is 5.92 Å². The molecule has 0 fully saturated rings. The summed E-state index contributed by atoms with van der Waals surface area (Å²) in [5, 5.41) is 6.41. The monoisotopic (exact) mass is 253 g/mol. The van der Waals surface area contributed by atoms with Crippen LogP contribution < -0.4 is 5.32 Å². The number of carbonyl (C=O) groups is 1. The Morgan fingerprint density at radius 3 is 2.67 bits per heavy atom. The number of likely N-dealkylation sites (N-methyl/N-ethyl adjacent to an activating group) is 1. The lowest BCUT2D eigenvalue weighted by atomic mass is 10.0. The topological polar surface area (TPSA) is 58.4 Å². The van der Waals surface area contributed by atoms with Gasteiger partial charge < -0.3 is 4.52 Å². The van der Waals surface area contributed by atoms with Gasteiger partial charge >= 0.3 is 0 Å². The molecule has 0 aliphatic rings. The molecule has 0 radical (unpaired) electrons. The Kier molecular flexibility index (Phi) is 5.34. The summed E-state index contributed by atoms with van der Waals surface area (Å²) in [7, 11) is 1.96. The molecule has 1 atom stereocenters. The van der Waals surface area contributed by atoms with Crippen LogP contribution in [0.2, 0.25) is 0 Å². The Morgan fingerprint density at radius 1 is 1.50 bits per heavy atom. The highest BCUT2D eigenvalue weighted by atomic mass is 16.5. The first kappa shape index (κ1) is 14.7. The number of carbonyl (C=O) groups excluding carboxylic acids is 1. The van der Waals surface area contributed by atoms with Gasteiger partial charge in [-0.3, -0.25) is 15.0 Å². The molecule has 5 nitrogen and oxygen atoms in total. The highest BCUT2D eigenvalue weighted by Crippen LogP contribution is 2.11. The van der Waals surface area contributed by atoms with E-state index in [9.17, 15) is 4.79 Å². The molecule has 18 heavy (non-hydrogen) atoms. The van der Waals surface area contributed by atoms with Crippen molar-refractivity contribution in [1.82, 2.24) is 10.1 Å². The average molecular weight is 253 g/mol. The molecule has 1 amide bonds. The molecular formula is C13H23N3O2. The zero-order chi connectivity index (χ0) is 13.7. The van der Waals surface area contributed by atoms with E-state index >= 15 is 0 Å². The fourth-order valence-corrected chi connectivity index (χ4v) is 1.84. The summed E-state index contributed by atoms with van der Waals surface area (Å²) in [6, 6.07) is 2.09. The molecule has 0 aromatic carbocycles. The van der Waals surface area contributed by atoms with Crippen LogP contribution in [0.15, 0.2) is 10.6 Å². The summed E-state index contributed by atoms with van der Waals surface area (Å²) in [4.78, 5) is 13.8. The Balaban J connectivity index is 2.39. The van der Waals surface area contributed by atoms with Crippen LogP contribution in [-0.4, -0.2) is 35.6 Å². The summed E-state index contributed by atoms with van der Waals surface area (Å²) < 4.78 is 4.94. The van der Waals surface area contributed by atoms with E-state index in [0.29, 0.717) is 24.4 Å². The van der Waals surface area contributed by atoms with Gasteiger partial charge in [0.25, 0.3) is 0 Å². The Labute approximate surface area is 109 Å². The summed E-state index contributed by atoms with van der Waals surface area (Å²) in [5.74, 6) is 0.953. The smallest absolute Gasteiger partial charge is 0.240 e. The van der Waals surface area contributed by atoms with Gasteiger partial charge in [0.2, 0.25) is 11.8 Å². The van der Waals surface area contributed by atoms with Crippen LogP contribution in [0.5, 0.6) is 0 Å². The normalized spacial score (nSPS) is 13.1. The molecule has 0 unspecified atom stereocenters. The molecule has 0 saturated heterocycles. The Morgan fingerprint density at radius 2 is 2.17 bits per heavy atom. The van der Waals surface area contributed by atoms with Crippen LogP contribution in [-0.2, 0) is 4.79 Å². The first-order chi connectivity index (χ1) is 8.38. The van der Waals surface area contributed by atoms with E-state index in [-0.39, 0.29) is 5.91 Å². The van der Waals surface area contributed by atoms with Gasteiger partial charge in [0.05, 0.1) is 12.2 Å². The zero-order valence-corrected chi connectivity index (χ0v) is 11.9. The molecule has 1 aromatic rings. The van der Waals surface area contributed by atoms with Crippen molar-refractivity contribution >= 4 is 11.8 Å². The molecule has 0 bridgehead atoms. The molecule has 1 rings (SSSR count). The Bertz CT molecular complexity index is 387. The summed E-state index contributed by atoms with van der Waals surface area (Å²) in [6.07, 6.45) is 1.07. The number of rotatable bonds is 6. The number of nitrogens with one attached hydrogen (secondary N) is 1. The van der Waals surface area contributed by atoms with Gasteiger partial charge in [0, 0.05) is 12.1 Å². The van der Waals surface area contributed by atoms with Crippen LogP contribution in [0.25, 0.3) is 0 Å².